The lowest BCUT2D eigenvalue weighted by atomic mass is 9.93. The second-order valence-corrected chi connectivity index (χ2v) is 7.77. The molecule has 0 spiro atoms. The van der Waals surface area contributed by atoms with Gasteiger partial charge >= 0.3 is 0 Å². The zero-order valence-corrected chi connectivity index (χ0v) is 17.1. The van der Waals surface area contributed by atoms with Gasteiger partial charge in [0.25, 0.3) is 11.6 Å². The Morgan fingerprint density at radius 2 is 2.07 bits per heavy atom. The highest BCUT2D eigenvalue weighted by Gasteiger charge is 2.37. The van der Waals surface area contributed by atoms with E-state index in [9.17, 15) is 19.7 Å². The van der Waals surface area contributed by atoms with Crippen LogP contribution in [0.5, 0.6) is 5.75 Å². The number of carbonyl (C=O) groups excluding carboxylic acids is 2. The largest absolute Gasteiger partial charge is 0.490 e. The van der Waals surface area contributed by atoms with Crippen molar-refractivity contribution in [2.45, 2.75) is 20.8 Å². The summed E-state index contributed by atoms with van der Waals surface area (Å²) in [6.45, 7) is 9.47. The van der Waals surface area contributed by atoms with Gasteiger partial charge in [0.1, 0.15) is 12.4 Å². The number of benzene rings is 2. The molecule has 3 rings (SSSR count). The molecule has 8 nitrogen and oxygen atoms in total. The van der Waals surface area contributed by atoms with Gasteiger partial charge in [0, 0.05) is 29.4 Å². The first kappa shape index (κ1) is 21.0. The fraction of sp³-hybridized carbons (Fsp3) is 0.273. The van der Waals surface area contributed by atoms with Gasteiger partial charge < -0.3 is 15.0 Å². The summed E-state index contributed by atoms with van der Waals surface area (Å²) in [4.78, 5) is 37.8. The second kappa shape index (κ2) is 7.98. The molecule has 0 saturated carbocycles. The fourth-order valence-electron chi connectivity index (χ4n) is 3.18. The third-order valence-electron chi connectivity index (χ3n) is 4.90. The molecule has 0 atom stereocenters. The number of hydrogen-bond donors (Lipinski definition) is 1. The Kier molecular flexibility index (Phi) is 5.60. The van der Waals surface area contributed by atoms with Gasteiger partial charge in [-0.25, -0.2) is 0 Å². The number of nitro groups is 1. The number of hydrogen-bond acceptors (Lipinski definition) is 5. The summed E-state index contributed by atoms with van der Waals surface area (Å²) < 4.78 is 5.83. The monoisotopic (exact) mass is 409 g/mol. The zero-order chi connectivity index (χ0) is 22.1. The molecule has 0 bridgehead atoms. The van der Waals surface area contributed by atoms with Crippen LogP contribution in [0, 0.1) is 22.5 Å². The van der Waals surface area contributed by atoms with Crippen LogP contribution in [-0.4, -0.2) is 29.9 Å². The standard InChI is InChI=1S/C22H23N3O5/c1-5-10-24-18-12-16(8-9-19(18)30-13-22(3,4)21(24)27)23-20(26)15-7-6-14(2)17(11-15)25(28)29/h5-9,11-12H,1,10,13H2,2-4H3,(H,23,26). The van der Waals surface area contributed by atoms with Gasteiger partial charge in [-0.1, -0.05) is 12.1 Å². The van der Waals surface area contributed by atoms with E-state index >= 15 is 0 Å². The van der Waals surface area contributed by atoms with Crippen LogP contribution in [0.4, 0.5) is 17.1 Å². The number of amides is 2. The summed E-state index contributed by atoms with van der Waals surface area (Å²) >= 11 is 0. The molecule has 0 aliphatic carbocycles. The van der Waals surface area contributed by atoms with Crippen molar-refractivity contribution in [2.24, 2.45) is 5.41 Å². The molecule has 0 saturated heterocycles. The molecular formula is C22H23N3O5. The molecule has 8 heteroatoms. The van der Waals surface area contributed by atoms with Gasteiger partial charge in [-0.15, -0.1) is 6.58 Å². The molecule has 1 heterocycles. The molecule has 156 valence electrons. The Labute approximate surface area is 174 Å². The molecule has 1 N–H and O–H groups in total. The first-order valence-corrected chi connectivity index (χ1v) is 9.40. The van der Waals surface area contributed by atoms with E-state index in [1.165, 1.54) is 18.2 Å². The van der Waals surface area contributed by atoms with E-state index < -0.39 is 16.2 Å². The molecule has 2 amide bonds. The number of nitro benzene ring substituents is 1. The highest BCUT2D eigenvalue weighted by atomic mass is 16.6. The predicted octanol–water partition coefficient (Wildman–Crippen LogP) is 4.09. The van der Waals surface area contributed by atoms with Crippen molar-refractivity contribution in [3.05, 3.63) is 70.3 Å². The number of ether oxygens (including phenoxy) is 1. The Hall–Kier alpha value is -3.68. The average Bonchev–Trinajstić information content (AvgIpc) is 2.78. The lowest BCUT2D eigenvalue weighted by molar-refractivity contribution is -0.385. The SMILES string of the molecule is C=CCN1C(=O)C(C)(C)COc2ccc(NC(=O)c3ccc(C)c([N+](=O)[O-])c3)cc21. The van der Waals surface area contributed by atoms with Crippen molar-refractivity contribution >= 4 is 28.9 Å². The maximum absolute atomic E-state index is 13.0. The smallest absolute Gasteiger partial charge is 0.273 e. The molecular weight excluding hydrogens is 386 g/mol. The van der Waals surface area contributed by atoms with Crippen LogP contribution in [-0.2, 0) is 4.79 Å². The minimum Gasteiger partial charge on any atom is -0.490 e. The normalized spacial score (nSPS) is 14.9. The molecule has 1 aliphatic heterocycles. The molecule has 0 unspecified atom stereocenters. The molecule has 30 heavy (non-hydrogen) atoms. The maximum Gasteiger partial charge on any atom is 0.273 e. The van der Waals surface area contributed by atoms with Crippen LogP contribution in [0.2, 0.25) is 0 Å². The first-order chi connectivity index (χ1) is 14.1. The highest BCUT2D eigenvalue weighted by Crippen LogP contribution is 2.38. The first-order valence-electron chi connectivity index (χ1n) is 9.40. The number of fused-ring (bicyclic) bond motifs is 1. The van der Waals surface area contributed by atoms with Gasteiger partial charge in [0.2, 0.25) is 5.91 Å². The van der Waals surface area contributed by atoms with Crippen LogP contribution in [0.3, 0.4) is 0 Å². The molecule has 0 aromatic heterocycles. The fourth-order valence-corrected chi connectivity index (χ4v) is 3.18. The van der Waals surface area contributed by atoms with E-state index in [0.717, 1.165) is 0 Å². The Morgan fingerprint density at radius 3 is 2.73 bits per heavy atom. The lowest BCUT2D eigenvalue weighted by Gasteiger charge is -2.27. The van der Waals surface area contributed by atoms with E-state index in [1.54, 1.807) is 36.1 Å². The molecule has 1 aliphatic rings. The van der Waals surface area contributed by atoms with Crippen molar-refractivity contribution in [3.8, 4) is 5.75 Å². The topological polar surface area (TPSA) is 102 Å². The van der Waals surface area contributed by atoms with Gasteiger partial charge in [-0.05, 0) is 45.0 Å². The number of nitrogens with one attached hydrogen (secondary N) is 1. The number of nitrogens with zero attached hydrogens (tertiary/aromatic N) is 2. The molecule has 0 fully saturated rings. The summed E-state index contributed by atoms with van der Waals surface area (Å²) in [5.74, 6) is -0.0759. The summed E-state index contributed by atoms with van der Waals surface area (Å²) in [7, 11) is 0. The van der Waals surface area contributed by atoms with E-state index in [1.807, 2.05) is 13.8 Å². The van der Waals surface area contributed by atoms with E-state index in [-0.39, 0.29) is 23.8 Å². The maximum atomic E-state index is 13.0. The van der Waals surface area contributed by atoms with Crippen molar-refractivity contribution in [2.75, 3.05) is 23.4 Å². The highest BCUT2D eigenvalue weighted by molar-refractivity contribution is 6.06. The summed E-state index contributed by atoms with van der Waals surface area (Å²) in [5.41, 5.74) is 0.763. The Balaban J connectivity index is 1.93. The third kappa shape index (κ3) is 4.03. The van der Waals surface area contributed by atoms with Crippen molar-refractivity contribution in [1.82, 2.24) is 0 Å². The van der Waals surface area contributed by atoms with Crippen molar-refractivity contribution in [1.29, 1.82) is 0 Å². The van der Waals surface area contributed by atoms with Crippen LogP contribution < -0.4 is 15.0 Å². The molecule has 0 radical (unpaired) electrons. The Bertz CT molecular complexity index is 1050. The van der Waals surface area contributed by atoms with Crippen LogP contribution in [0.1, 0.15) is 29.8 Å². The summed E-state index contributed by atoms with van der Waals surface area (Å²) in [6, 6.07) is 9.30. The summed E-state index contributed by atoms with van der Waals surface area (Å²) in [6.07, 6.45) is 1.62. The van der Waals surface area contributed by atoms with Crippen LogP contribution in [0.15, 0.2) is 49.1 Å². The number of rotatable bonds is 5. The third-order valence-corrected chi connectivity index (χ3v) is 4.90. The van der Waals surface area contributed by atoms with Gasteiger partial charge in [-0.2, -0.15) is 0 Å². The molecule has 2 aromatic rings. The number of aryl methyl sites for hydroxylation is 1. The van der Waals surface area contributed by atoms with Gasteiger partial charge in [0.05, 0.1) is 16.0 Å². The van der Waals surface area contributed by atoms with Crippen molar-refractivity contribution in [3.63, 3.8) is 0 Å². The van der Waals surface area contributed by atoms with Crippen LogP contribution >= 0.6 is 0 Å². The van der Waals surface area contributed by atoms with Gasteiger partial charge in [-0.3, -0.25) is 19.7 Å². The average molecular weight is 409 g/mol. The molecule has 2 aromatic carbocycles. The Morgan fingerprint density at radius 1 is 1.33 bits per heavy atom. The quantitative estimate of drug-likeness (QED) is 0.455. The zero-order valence-electron chi connectivity index (χ0n) is 17.1. The summed E-state index contributed by atoms with van der Waals surface area (Å²) in [5, 5.41) is 13.9. The van der Waals surface area contributed by atoms with E-state index in [2.05, 4.69) is 11.9 Å². The lowest BCUT2D eigenvalue weighted by Crippen LogP contribution is -2.42. The number of carbonyl (C=O) groups is 2. The second-order valence-electron chi connectivity index (χ2n) is 7.77. The van der Waals surface area contributed by atoms with E-state index in [0.29, 0.717) is 29.2 Å². The predicted molar refractivity (Wildman–Crippen MR) is 114 cm³/mol. The number of anilines is 2. The van der Waals surface area contributed by atoms with Gasteiger partial charge in [0.15, 0.2) is 0 Å². The van der Waals surface area contributed by atoms with E-state index in [4.69, 9.17) is 4.74 Å². The minimum atomic E-state index is -0.716. The van der Waals surface area contributed by atoms with Crippen molar-refractivity contribution < 1.29 is 19.2 Å². The minimum absolute atomic E-state index is 0.112. The van der Waals surface area contributed by atoms with Crippen LogP contribution in [0.25, 0.3) is 0 Å².